The summed E-state index contributed by atoms with van der Waals surface area (Å²) in [7, 11) is 0. The minimum absolute atomic E-state index is 0.145. The molecule has 0 radical (unpaired) electrons. The number of anilines is 1. The van der Waals surface area contributed by atoms with Crippen LogP contribution in [-0.4, -0.2) is 11.0 Å². The Morgan fingerprint density at radius 1 is 1.35 bits per heavy atom. The van der Waals surface area contributed by atoms with Gasteiger partial charge >= 0.3 is 0 Å². The lowest BCUT2D eigenvalue weighted by molar-refractivity contribution is -0.384. The summed E-state index contributed by atoms with van der Waals surface area (Å²) >= 11 is 0. The average Bonchev–Trinajstić information content (AvgIpc) is 2.15. The summed E-state index contributed by atoms with van der Waals surface area (Å²) in [4.78, 5) is 10.6. The lowest BCUT2D eigenvalue weighted by Gasteiger charge is -2.17. The van der Waals surface area contributed by atoms with Crippen LogP contribution in [-0.2, 0) is 0 Å². The Hall–Kier alpha value is -1.58. The van der Waals surface area contributed by atoms with Crippen molar-refractivity contribution in [3.63, 3.8) is 0 Å². The van der Waals surface area contributed by atoms with E-state index in [1.54, 1.807) is 12.1 Å². The van der Waals surface area contributed by atoms with Gasteiger partial charge in [0.2, 0.25) is 0 Å². The first kappa shape index (κ1) is 13.5. The molecule has 4 nitrogen and oxygen atoms in total. The fourth-order valence-electron chi connectivity index (χ4n) is 1.96. The lowest BCUT2D eigenvalue weighted by Crippen LogP contribution is -2.18. The van der Waals surface area contributed by atoms with Crippen LogP contribution in [0.2, 0.25) is 0 Å². The minimum Gasteiger partial charge on any atom is -0.377 e. The fourth-order valence-corrected chi connectivity index (χ4v) is 1.96. The van der Waals surface area contributed by atoms with Gasteiger partial charge in [-0.25, -0.2) is 0 Å². The summed E-state index contributed by atoms with van der Waals surface area (Å²) in [5.41, 5.74) is 1.78. The highest BCUT2D eigenvalue weighted by molar-refractivity contribution is 5.63. The van der Waals surface area contributed by atoms with Gasteiger partial charge in [-0.15, -0.1) is 0 Å². The van der Waals surface area contributed by atoms with Gasteiger partial charge in [0.05, 0.1) is 4.92 Å². The summed E-state index contributed by atoms with van der Waals surface area (Å²) in [6.07, 6.45) is 0.991. The molecular formula is C13H20N2O2. The molecule has 0 saturated heterocycles. The highest BCUT2D eigenvalue weighted by Crippen LogP contribution is 2.26. The van der Waals surface area contributed by atoms with Crippen molar-refractivity contribution >= 4 is 11.4 Å². The molecule has 1 aromatic rings. The molecule has 0 fully saturated rings. The van der Waals surface area contributed by atoms with Gasteiger partial charge in [-0.3, -0.25) is 10.1 Å². The Morgan fingerprint density at radius 3 is 2.53 bits per heavy atom. The van der Waals surface area contributed by atoms with E-state index in [1.807, 2.05) is 19.9 Å². The van der Waals surface area contributed by atoms with Crippen molar-refractivity contribution in [3.8, 4) is 0 Å². The van der Waals surface area contributed by atoms with Crippen molar-refractivity contribution in [3.05, 3.63) is 33.9 Å². The van der Waals surface area contributed by atoms with Gasteiger partial charge < -0.3 is 5.32 Å². The highest BCUT2D eigenvalue weighted by atomic mass is 16.6. The number of benzene rings is 1. The van der Waals surface area contributed by atoms with E-state index in [-0.39, 0.29) is 16.7 Å². The van der Waals surface area contributed by atoms with Crippen LogP contribution < -0.4 is 5.32 Å². The normalized spacial score (nSPS) is 12.5. The van der Waals surface area contributed by atoms with Gasteiger partial charge in [0.1, 0.15) is 5.69 Å². The molecule has 94 valence electrons. The van der Waals surface area contributed by atoms with Crippen LogP contribution in [0.3, 0.4) is 0 Å². The minimum atomic E-state index is -0.343. The van der Waals surface area contributed by atoms with Gasteiger partial charge in [0.25, 0.3) is 5.69 Å². The van der Waals surface area contributed by atoms with Gasteiger partial charge in [-0.05, 0) is 37.8 Å². The molecule has 0 aliphatic rings. The molecule has 0 saturated carbocycles. The Morgan fingerprint density at radius 2 is 2.00 bits per heavy atom. The van der Waals surface area contributed by atoms with E-state index in [0.29, 0.717) is 11.6 Å². The predicted molar refractivity (Wildman–Crippen MR) is 70.4 cm³/mol. The SMILES string of the molecule is Cc1ccc([N+](=O)[O-])c(NC(C)CC(C)C)c1. The van der Waals surface area contributed by atoms with Gasteiger partial charge in [0, 0.05) is 12.1 Å². The zero-order valence-corrected chi connectivity index (χ0v) is 10.9. The van der Waals surface area contributed by atoms with Crippen molar-refractivity contribution < 1.29 is 4.92 Å². The van der Waals surface area contributed by atoms with Crippen LogP contribution in [0.15, 0.2) is 18.2 Å². The van der Waals surface area contributed by atoms with E-state index in [2.05, 4.69) is 19.2 Å². The van der Waals surface area contributed by atoms with Crippen LogP contribution in [0.4, 0.5) is 11.4 Å². The van der Waals surface area contributed by atoms with Crippen molar-refractivity contribution in [1.82, 2.24) is 0 Å². The summed E-state index contributed by atoms with van der Waals surface area (Å²) in [5, 5.41) is 14.1. The number of hydrogen-bond donors (Lipinski definition) is 1. The van der Waals surface area contributed by atoms with Crippen LogP contribution >= 0.6 is 0 Å². The third kappa shape index (κ3) is 4.06. The second kappa shape index (κ2) is 5.66. The molecule has 0 aromatic heterocycles. The summed E-state index contributed by atoms with van der Waals surface area (Å²) in [6.45, 7) is 8.26. The Kier molecular flexibility index (Phi) is 4.49. The summed E-state index contributed by atoms with van der Waals surface area (Å²) in [6, 6.07) is 5.38. The van der Waals surface area contributed by atoms with Crippen LogP contribution in [0.1, 0.15) is 32.8 Å². The van der Waals surface area contributed by atoms with E-state index < -0.39 is 0 Å². The first-order valence-electron chi connectivity index (χ1n) is 5.91. The highest BCUT2D eigenvalue weighted by Gasteiger charge is 2.15. The zero-order valence-electron chi connectivity index (χ0n) is 10.9. The van der Waals surface area contributed by atoms with Crippen molar-refractivity contribution in [1.29, 1.82) is 0 Å². The molecule has 0 aliphatic carbocycles. The van der Waals surface area contributed by atoms with Crippen LogP contribution in [0.25, 0.3) is 0 Å². The van der Waals surface area contributed by atoms with Crippen molar-refractivity contribution in [2.75, 3.05) is 5.32 Å². The molecule has 1 unspecified atom stereocenters. The molecular weight excluding hydrogens is 216 g/mol. The molecule has 0 heterocycles. The lowest BCUT2D eigenvalue weighted by atomic mass is 10.0. The van der Waals surface area contributed by atoms with Gasteiger partial charge in [-0.1, -0.05) is 19.9 Å². The van der Waals surface area contributed by atoms with E-state index >= 15 is 0 Å². The topological polar surface area (TPSA) is 55.2 Å². The van der Waals surface area contributed by atoms with Crippen molar-refractivity contribution in [2.24, 2.45) is 5.92 Å². The van der Waals surface area contributed by atoms with E-state index in [9.17, 15) is 10.1 Å². The first-order chi connectivity index (χ1) is 7.90. The van der Waals surface area contributed by atoms with Gasteiger partial charge in [0.15, 0.2) is 0 Å². The third-order valence-electron chi connectivity index (χ3n) is 2.58. The summed E-state index contributed by atoms with van der Waals surface area (Å²) < 4.78 is 0. The molecule has 0 bridgehead atoms. The molecule has 1 aromatic carbocycles. The molecule has 0 aliphatic heterocycles. The van der Waals surface area contributed by atoms with E-state index in [0.717, 1.165) is 12.0 Å². The predicted octanol–water partition coefficient (Wildman–Crippen LogP) is 3.75. The van der Waals surface area contributed by atoms with E-state index in [4.69, 9.17) is 0 Å². The summed E-state index contributed by atoms with van der Waals surface area (Å²) in [5.74, 6) is 0.571. The third-order valence-corrected chi connectivity index (χ3v) is 2.58. The molecule has 0 amide bonds. The first-order valence-corrected chi connectivity index (χ1v) is 5.91. The number of nitro benzene ring substituents is 1. The maximum Gasteiger partial charge on any atom is 0.292 e. The second-order valence-corrected chi connectivity index (χ2v) is 4.95. The maximum atomic E-state index is 10.9. The van der Waals surface area contributed by atoms with Crippen molar-refractivity contribution in [2.45, 2.75) is 40.2 Å². The number of nitrogens with zero attached hydrogens (tertiary/aromatic N) is 1. The molecule has 0 spiro atoms. The zero-order chi connectivity index (χ0) is 13.0. The smallest absolute Gasteiger partial charge is 0.292 e. The monoisotopic (exact) mass is 236 g/mol. The quantitative estimate of drug-likeness (QED) is 0.625. The van der Waals surface area contributed by atoms with Gasteiger partial charge in [-0.2, -0.15) is 0 Å². The Labute approximate surface area is 102 Å². The molecule has 1 rings (SSSR count). The standard InChI is InChI=1S/C13H20N2O2/c1-9(2)7-11(4)14-12-8-10(3)5-6-13(12)15(16)17/h5-6,8-9,11,14H,7H2,1-4H3. The van der Waals surface area contributed by atoms with Crippen LogP contribution in [0, 0.1) is 23.0 Å². The fraction of sp³-hybridized carbons (Fsp3) is 0.538. The Balaban J connectivity index is 2.88. The number of hydrogen-bond acceptors (Lipinski definition) is 3. The molecule has 1 atom stereocenters. The molecule has 4 heteroatoms. The Bertz CT molecular complexity index is 402. The largest absolute Gasteiger partial charge is 0.377 e. The number of nitro groups is 1. The number of nitrogens with one attached hydrogen (secondary N) is 1. The van der Waals surface area contributed by atoms with E-state index in [1.165, 1.54) is 0 Å². The van der Waals surface area contributed by atoms with Crippen LogP contribution in [0.5, 0.6) is 0 Å². The molecule has 17 heavy (non-hydrogen) atoms. The maximum absolute atomic E-state index is 10.9. The number of aryl methyl sites for hydroxylation is 1. The molecule has 1 N–H and O–H groups in total. The second-order valence-electron chi connectivity index (χ2n) is 4.95. The number of rotatable bonds is 5. The average molecular weight is 236 g/mol.